The van der Waals surface area contributed by atoms with Crippen LogP contribution in [-0.2, 0) is 9.53 Å². The maximum Gasteiger partial charge on any atom is 0.340 e. The Morgan fingerprint density at radius 3 is 2.43 bits per heavy atom. The van der Waals surface area contributed by atoms with Gasteiger partial charge in [-0.3, -0.25) is 14.9 Å². The number of hydrogen-bond donors (Lipinski definition) is 1. The molecule has 28 heavy (non-hydrogen) atoms. The van der Waals surface area contributed by atoms with Gasteiger partial charge in [-0.05, 0) is 46.6 Å². The van der Waals surface area contributed by atoms with Gasteiger partial charge in [0.25, 0.3) is 0 Å². The van der Waals surface area contributed by atoms with Gasteiger partial charge in [0.15, 0.2) is 5.75 Å². The number of nitrogens with one attached hydrogen (secondary N) is 1. The number of amides is 1. The Morgan fingerprint density at radius 2 is 1.86 bits per heavy atom. The van der Waals surface area contributed by atoms with Gasteiger partial charge in [0, 0.05) is 15.0 Å². The predicted octanol–water partition coefficient (Wildman–Crippen LogP) is 4.66. The quantitative estimate of drug-likeness (QED) is 0.340. The summed E-state index contributed by atoms with van der Waals surface area (Å²) in [5.41, 5.74) is 0.595. The summed E-state index contributed by atoms with van der Waals surface area (Å²) < 4.78 is 10.8. The standard InChI is InChI=1S/C18H16Br2N2O6/c1-9(10-4-5-15(27-2)14(6-10)22(25)26)17(23)21-16-12(18(24)28-3)7-11(19)8-13(16)20/h4-9H,1-3H3,(H,21,23). The van der Waals surface area contributed by atoms with Crippen LogP contribution in [0.4, 0.5) is 11.4 Å². The topological polar surface area (TPSA) is 108 Å². The van der Waals surface area contributed by atoms with Gasteiger partial charge in [0.05, 0.1) is 36.3 Å². The van der Waals surface area contributed by atoms with Gasteiger partial charge in [-0.15, -0.1) is 0 Å². The Bertz CT molecular complexity index is 948. The lowest BCUT2D eigenvalue weighted by molar-refractivity contribution is -0.385. The second-order valence-electron chi connectivity index (χ2n) is 5.70. The van der Waals surface area contributed by atoms with Gasteiger partial charge >= 0.3 is 11.7 Å². The molecule has 0 fully saturated rings. The summed E-state index contributed by atoms with van der Waals surface area (Å²) >= 11 is 6.61. The van der Waals surface area contributed by atoms with E-state index in [1.54, 1.807) is 19.1 Å². The van der Waals surface area contributed by atoms with Crippen molar-refractivity contribution in [3.05, 3.63) is 60.5 Å². The maximum absolute atomic E-state index is 12.8. The van der Waals surface area contributed by atoms with E-state index < -0.39 is 22.7 Å². The molecule has 0 saturated carbocycles. The first-order chi connectivity index (χ1) is 13.2. The molecule has 148 valence electrons. The van der Waals surface area contributed by atoms with Gasteiger partial charge < -0.3 is 14.8 Å². The van der Waals surface area contributed by atoms with Crippen molar-refractivity contribution in [2.75, 3.05) is 19.5 Å². The number of esters is 1. The molecule has 0 radical (unpaired) electrons. The van der Waals surface area contributed by atoms with Gasteiger partial charge in [-0.2, -0.15) is 0 Å². The monoisotopic (exact) mass is 514 g/mol. The lowest BCUT2D eigenvalue weighted by Gasteiger charge is -2.16. The van der Waals surface area contributed by atoms with Crippen LogP contribution < -0.4 is 10.1 Å². The van der Waals surface area contributed by atoms with Crippen LogP contribution >= 0.6 is 31.9 Å². The van der Waals surface area contributed by atoms with E-state index in [9.17, 15) is 19.7 Å². The number of rotatable bonds is 6. The number of carbonyl (C=O) groups is 2. The van der Waals surface area contributed by atoms with Gasteiger partial charge in [0.2, 0.25) is 5.91 Å². The number of ether oxygens (including phenoxy) is 2. The van der Waals surface area contributed by atoms with Crippen LogP contribution in [0.15, 0.2) is 39.3 Å². The van der Waals surface area contributed by atoms with Crippen LogP contribution in [-0.4, -0.2) is 31.0 Å². The molecule has 10 heteroatoms. The average Bonchev–Trinajstić information content (AvgIpc) is 2.67. The Kier molecular flexibility index (Phi) is 7.14. The summed E-state index contributed by atoms with van der Waals surface area (Å²) in [4.78, 5) is 35.4. The van der Waals surface area contributed by atoms with E-state index in [4.69, 9.17) is 9.47 Å². The minimum atomic E-state index is -0.731. The first-order valence-corrected chi connectivity index (χ1v) is 9.48. The number of hydrogen-bond acceptors (Lipinski definition) is 6. The van der Waals surface area contributed by atoms with Crippen LogP contribution in [0.3, 0.4) is 0 Å². The van der Waals surface area contributed by atoms with Crippen LogP contribution in [0, 0.1) is 10.1 Å². The van der Waals surface area contributed by atoms with E-state index >= 15 is 0 Å². The fourth-order valence-corrected chi connectivity index (χ4v) is 3.80. The van der Waals surface area contributed by atoms with Crippen LogP contribution in [0.5, 0.6) is 5.75 Å². The summed E-state index contributed by atoms with van der Waals surface area (Å²) in [6, 6.07) is 7.50. The maximum atomic E-state index is 12.8. The zero-order valence-electron chi connectivity index (χ0n) is 15.1. The molecule has 0 saturated heterocycles. The first kappa shape index (κ1) is 21.8. The minimum Gasteiger partial charge on any atom is -0.490 e. The molecule has 1 unspecified atom stereocenters. The molecule has 0 spiro atoms. The van der Waals surface area contributed by atoms with Crippen molar-refractivity contribution in [1.82, 2.24) is 0 Å². The largest absolute Gasteiger partial charge is 0.490 e. The lowest BCUT2D eigenvalue weighted by atomic mass is 9.99. The van der Waals surface area contributed by atoms with Gasteiger partial charge in [-0.25, -0.2) is 4.79 Å². The molecule has 8 nitrogen and oxygen atoms in total. The van der Waals surface area contributed by atoms with Crippen molar-refractivity contribution in [2.24, 2.45) is 0 Å². The minimum absolute atomic E-state index is 0.102. The molecule has 0 aliphatic carbocycles. The fraction of sp³-hybridized carbons (Fsp3) is 0.222. The zero-order chi connectivity index (χ0) is 21.0. The van der Waals surface area contributed by atoms with Crippen molar-refractivity contribution >= 4 is 55.1 Å². The molecule has 0 aromatic heterocycles. The number of anilines is 1. The van der Waals surface area contributed by atoms with E-state index in [0.717, 1.165) is 0 Å². The number of benzene rings is 2. The molecule has 0 aliphatic rings. The molecular weight excluding hydrogens is 500 g/mol. The third-order valence-corrected chi connectivity index (χ3v) is 5.08. The van der Waals surface area contributed by atoms with Crippen LogP contribution in [0.25, 0.3) is 0 Å². The molecule has 2 aromatic rings. The fourth-order valence-electron chi connectivity index (χ4n) is 2.47. The Labute approximate surface area is 177 Å². The smallest absolute Gasteiger partial charge is 0.340 e. The van der Waals surface area contributed by atoms with Crippen molar-refractivity contribution in [2.45, 2.75) is 12.8 Å². The van der Waals surface area contributed by atoms with Crippen LogP contribution in [0.2, 0.25) is 0 Å². The highest BCUT2D eigenvalue weighted by atomic mass is 79.9. The molecule has 1 atom stereocenters. The van der Waals surface area contributed by atoms with Crippen molar-refractivity contribution < 1.29 is 24.0 Å². The Hall–Kier alpha value is -2.46. The molecule has 0 heterocycles. The van der Waals surface area contributed by atoms with Crippen molar-refractivity contribution in [3.8, 4) is 5.75 Å². The highest BCUT2D eigenvalue weighted by Crippen LogP contribution is 2.34. The normalized spacial score (nSPS) is 11.5. The molecule has 1 amide bonds. The lowest BCUT2D eigenvalue weighted by Crippen LogP contribution is -2.21. The van der Waals surface area contributed by atoms with Crippen molar-refractivity contribution in [1.29, 1.82) is 0 Å². The Morgan fingerprint density at radius 1 is 1.18 bits per heavy atom. The summed E-state index contributed by atoms with van der Waals surface area (Å²) in [5, 5.41) is 13.9. The molecular formula is C18H16Br2N2O6. The highest BCUT2D eigenvalue weighted by molar-refractivity contribution is 9.11. The highest BCUT2D eigenvalue weighted by Gasteiger charge is 2.24. The van der Waals surface area contributed by atoms with E-state index in [0.29, 0.717) is 14.5 Å². The predicted molar refractivity (Wildman–Crippen MR) is 110 cm³/mol. The van der Waals surface area contributed by atoms with E-state index in [1.165, 1.54) is 32.4 Å². The first-order valence-electron chi connectivity index (χ1n) is 7.90. The van der Waals surface area contributed by atoms with E-state index in [1.807, 2.05) is 0 Å². The number of halogens is 2. The Balaban J connectivity index is 2.37. The zero-order valence-corrected chi connectivity index (χ0v) is 18.3. The summed E-state index contributed by atoms with van der Waals surface area (Å²) in [7, 11) is 2.57. The number of carbonyl (C=O) groups excluding carboxylic acids is 2. The number of methoxy groups -OCH3 is 2. The molecule has 2 rings (SSSR count). The summed E-state index contributed by atoms with van der Waals surface area (Å²) in [5.74, 6) is -1.70. The number of nitro benzene ring substituents is 1. The SMILES string of the molecule is COC(=O)c1cc(Br)cc(Br)c1NC(=O)C(C)c1ccc(OC)c([N+](=O)[O-])c1. The number of nitrogens with zero attached hydrogens (tertiary/aromatic N) is 1. The van der Waals surface area contributed by atoms with Crippen molar-refractivity contribution in [3.63, 3.8) is 0 Å². The van der Waals surface area contributed by atoms with E-state index in [-0.39, 0.29) is 22.7 Å². The van der Waals surface area contributed by atoms with Gasteiger partial charge in [0.1, 0.15) is 0 Å². The third-order valence-electron chi connectivity index (χ3n) is 4.00. The molecule has 1 N–H and O–H groups in total. The second kappa shape index (κ2) is 9.16. The molecule has 0 bridgehead atoms. The number of nitro groups is 1. The third kappa shape index (κ3) is 4.68. The van der Waals surface area contributed by atoms with Crippen LogP contribution in [0.1, 0.15) is 28.8 Å². The summed E-state index contributed by atoms with van der Waals surface area (Å²) in [6.07, 6.45) is 0. The molecule has 2 aromatic carbocycles. The van der Waals surface area contributed by atoms with E-state index in [2.05, 4.69) is 37.2 Å². The average molecular weight is 516 g/mol. The summed E-state index contributed by atoms with van der Waals surface area (Å²) in [6.45, 7) is 1.60. The second-order valence-corrected chi connectivity index (χ2v) is 7.47. The van der Waals surface area contributed by atoms with Gasteiger partial charge in [-0.1, -0.05) is 22.0 Å². The molecule has 0 aliphatic heterocycles.